The zero-order chi connectivity index (χ0) is 8.55. The normalized spacial score (nSPS) is 9.92. The number of hydrogen-bond acceptors (Lipinski definition) is 3. The van der Waals surface area contributed by atoms with Crippen LogP contribution in [0.1, 0.15) is 5.69 Å². The van der Waals surface area contributed by atoms with Gasteiger partial charge in [-0.15, -0.1) is 0 Å². The smallest absolute Gasteiger partial charge is 0.143 e. The Morgan fingerprint density at radius 1 is 1.58 bits per heavy atom. The lowest BCUT2D eigenvalue weighted by Crippen LogP contribution is -1.86. The van der Waals surface area contributed by atoms with E-state index in [4.69, 9.17) is 11.0 Å². The molecule has 0 spiro atoms. The van der Waals surface area contributed by atoms with Gasteiger partial charge >= 0.3 is 0 Å². The molecule has 3 N–H and O–H groups in total. The molecule has 0 saturated carbocycles. The van der Waals surface area contributed by atoms with Crippen molar-refractivity contribution in [1.82, 2.24) is 9.97 Å². The third-order valence-electron chi connectivity index (χ3n) is 1.70. The van der Waals surface area contributed by atoms with Crippen LogP contribution in [0, 0.1) is 11.3 Å². The summed E-state index contributed by atoms with van der Waals surface area (Å²) >= 11 is 0. The van der Waals surface area contributed by atoms with Gasteiger partial charge in [-0.25, -0.2) is 0 Å². The van der Waals surface area contributed by atoms with Crippen LogP contribution in [-0.4, -0.2) is 9.97 Å². The van der Waals surface area contributed by atoms with Crippen LogP contribution < -0.4 is 5.73 Å². The van der Waals surface area contributed by atoms with Crippen LogP contribution in [-0.2, 0) is 0 Å². The number of hydrogen-bond donors (Lipinski definition) is 2. The van der Waals surface area contributed by atoms with E-state index in [1.807, 2.05) is 12.1 Å². The molecule has 0 amide bonds. The Balaban J connectivity index is 2.90. The lowest BCUT2D eigenvalue weighted by molar-refractivity contribution is 1.37. The van der Waals surface area contributed by atoms with E-state index in [-0.39, 0.29) is 0 Å². The van der Waals surface area contributed by atoms with Crippen LogP contribution in [0.15, 0.2) is 18.3 Å². The summed E-state index contributed by atoms with van der Waals surface area (Å²) in [6, 6.07) is 5.59. The van der Waals surface area contributed by atoms with Gasteiger partial charge in [0.25, 0.3) is 0 Å². The lowest BCUT2D eigenvalue weighted by Gasteiger charge is -1.86. The number of rotatable bonds is 0. The Bertz CT molecular complexity index is 463. The largest absolute Gasteiger partial charge is 0.395 e. The Labute approximate surface area is 68.6 Å². The minimum atomic E-state index is 0.378. The van der Waals surface area contributed by atoms with Gasteiger partial charge in [-0.2, -0.15) is 5.26 Å². The standard InChI is InChI=1S/C8H6N4/c9-4-6-7(10)8-5(12-6)2-1-3-11-8/h1-3,12H,10H2. The van der Waals surface area contributed by atoms with E-state index in [0.717, 1.165) is 5.52 Å². The minimum Gasteiger partial charge on any atom is -0.395 e. The molecule has 0 radical (unpaired) electrons. The van der Waals surface area contributed by atoms with Crippen molar-refractivity contribution in [3.05, 3.63) is 24.0 Å². The van der Waals surface area contributed by atoms with Crippen molar-refractivity contribution in [2.24, 2.45) is 0 Å². The first-order chi connectivity index (χ1) is 5.83. The predicted octanol–water partition coefficient (Wildman–Crippen LogP) is 1.02. The minimum absolute atomic E-state index is 0.378. The first-order valence-electron chi connectivity index (χ1n) is 3.45. The average molecular weight is 158 g/mol. The molecule has 0 atom stereocenters. The van der Waals surface area contributed by atoms with Crippen LogP contribution in [0.2, 0.25) is 0 Å². The van der Waals surface area contributed by atoms with Crippen molar-refractivity contribution in [2.75, 3.05) is 5.73 Å². The maximum atomic E-state index is 8.63. The summed E-state index contributed by atoms with van der Waals surface area (Å²) in [6.45, 7) is 0. The number of nitrogens with zero attached hydrogens (tertiary/aromatic N) is 2. The molecule has 0 fully saturated rings. The number of nitrogens with one attached hydrogen (secondary N) is 1. The van der Waals surface area contributed by atoms with Gasteiger partial charge in [0.2, 0.25) is 0 Å². The summed E-state index contributed by atoms with van der Waals surface area (Å²) in [4.78, 5) is 6.91. The Kier molecular flexibility index (Phi) is 1.25. The van der Waals surface area contributed by atoms with Crippen molar-refractivity contribution in [3.63, 3.8) is 0 Å². The fourth-order valence-corrected chi connectivity index (χ4v) is 1.13. The molecule has 58 valence electrons. The number of nitrogen functional groups attached to an aromatic ring is 1. The highest BCUT2D eigenvalue weighted by Crippen LogP contribution is 2.20. The maximum absolute atomic E-state index is 8.63. The second kappa shape index (κ2) is 2.24. The summed E-state index contributed by atoms with van der Waals surface area (Å²) < 4.78 is 0. The van der Waals surface area contributed by atoms with Gasteiger partial charge in [-0.05, 0) is 12.1 Å². The molecular weight excluding hydrogens is 152 g/mol. The first kappa shape index (κ1) is 6.68. The molecule has 12 heavy (non-hydrogen) atoms. The Hall–Kier alpha value is -2.02. The van der Waals surface area contributed by atoms with Crippen LogP contribution in [0.4, 0.5) is 5.69 Å². The second-order valence-corrected chi connectivity index (χ2v) is 2.43. The van der Waals surface area contributed by atoms with E-state index in [1.54, 1.807) is 12.3 Å². The number of anilines is 1. The molecule has 0 aliphatic heterocycles. The van der Waals surface area contributed by atoms with Gasteiger partial charge in [0.15, 0.2) is 0 Å². The third kappa shape index (κ3) is 0.736. The summed E-state index contributed by atoms with van der Waals surface area (Å²) in [5.74, 6) is 0. The van der Waals surface area contributed by atoms with Gasteiger partial charge < -0.3 is 10.7 Å². The molecule has 2 aromatic heterocycles. The number of H-pyrrole nitrogens is 1. The summed E-state index contributed by atoms with van der Waals surface area (Å²) in [6.07, 6.45) is 1.65. The van der Waals surface area contributed by atoms with Gasteiger partial charge in [-0.3, -0.25) is 4.98 Å². The maximum Gasteiger partial charge on any atom is 0.143 e. The topological polar surface area (TPSA) is 78.5 Å². The average Bonchev–Trinajstić information content (AvgIpc) is 2.44. The number of nitriles is 1. The SMILES string of the molecule is N#Cc1[nH]c2cccnc2c1N. The molecule has 0 aromatic carbocycles. The van der Waals surface area contributed by atoms with Crippen molar-refractivity contribution >= 4 is 16.7 Å². The first-order valence-corrected chi connectivity index (χ1v) is 3.45. The second-order valence-electron chi connectivity index (χ2n) is 2.43. The van der Waals surface area contributed by atoms with E-state index in [2.05, 4.69) is 9.97 Å². The zero-order valence-corrected chi connectivity index (χ0v) is 6.20. The molecule has 2 aromatic rings. The molecular formula is C8H6N4. The van der Waals surface area contributed by atoms with Crippen LogP contribution in [0.3, 0.4) is 0 Å². The van der Waals surface area contributed by atoms with E-state index in [0.29, 0.717) is 16.9 Å². The fourth-order valence-electron chi connectivity index (χ4n) is 1.13. The number of pyridine rings is 1. The van der Waals surface area contributed by atoms with Crippen LogP contribution >= 0.6 is 0 Å². The van der Waals surface area contributed by atoms with Crippen molar-refractivity contribution in [2.45, 2.75) is 0 Å². The Morgan fingerprint density at radius 3 is 3.08 bits per heavy atom. The number of aromatic amines is 1. The highest BCUT2D eigenvalue weighted by atomic mass is 14.8. The molecule has 4 nitrogen and oxygen atoms in total. The molecule has 0 aliphatic rings. The summed E-state index contributed by atoms with van der Waals surface area (Å²) in [7, 11) is 0. The van der Waals surface area contributed by atoms with E-state index < -0.39 is 0 Å². The monoisotopic (exact) mass is 158 g/mol. The quantitative estimate of drug-likeness (QED) is 0.600. The molecule has 0 bridgehead atoms. The summed E-state index contributed by atoms with van der Waals surface area (Å²) in [5.41, 5.74) is 7.89. The van der Waals surface area contributed by atoms with Gasteiger partial charge in [0.05, 0.1) is 11.2 Å². The van der Waals surface area contributed by atoms with E-state index in [1.165, 1.54) is 0 Å². The highest BCUT2D eigenvalue weighted by molar-refractivity contribution is 5.90. The molecule has 2 heterocycles. The summed E-state index contributed by atoms with van der Waals surface area (Å²) in [5, 5.41) is 8.63. The van der Waals surface area contributed by atoms with Crippen molar-refractivity contribution in [3.8, 4) is 6.07 Å². The van der Waals surface area contributed by atoms with Crippen molar-refractivity contribution < 1.29 is 0 Å². The van der Waals surface area contributed by atoms with Gasteiger partial charge in [0.1, 0.15) is 17.3 Å². The van der Waals surface area contributed by atoms with Crippen LogP contribution in [0.25, 0.3) is 11.0 Å². The molecule has 4 heteroatoms. The van der Waals surface area contributed by atoms with Gasteiger partial charge in [-0.1, -0.05) is 0 Å². The molecule has 0 saturated heterocycles. The third-order valence-corrected chi connectivity index (χ3v) is 1.70. The Morgan fingerprint density at radius 2 is 2.42 bits per heavy atom. The van der Waals surface area contributed by atoms with Gasteiger partial charge in [0, 0.05) is 6.20 Å². The van der Waals surface area contributed by atoms with Crippen LogP contribution in [0.5, 0.6) is 0 Å². The number of fused-ring (bicyclic) bond motifs is 1. The number of nitrogens with two attached hydrogens (primary N) is 1. The van der Waals surface area contributed by atoms with E-state index in [9.17, 15) is 0 Å². The predicted molar refractivity (Wildman–Crippen MR) is 45.2 cm³/mol. The van der Waals surface area contributed by atoms with Crippen molar-refractivity contribution in [1.29, 1.82) is 5.26 Å². The fraction of sp³-hybridized carbons (Fsp3) is 0. The highest BCUT2D eigenvalue weighted by Gasteiger charge is 2.06. The molecule has 0 unspecified atom stereocenters. The molecule has 0 aliphatic carbocycles. The van der Waals surface area contributed by atoms with E-state index >= 15 is 0 Å². The lowest BCUT2D eigenvalue weighted by atomic mass is 10.3. The zero-order valence-electron chi connectivity index (χ0n) is 6.20. The number of aromatic nitrogens is 2. The molecule has 2 rings (SSSR count).